The number of anilines is 1. The second kappa shape index (κ2) is 7.92. The number of ketones is 1. The highest BCUT2D eigenvalue weighted by atomic mass is 16.1. The number of hydrogen-bond acceptors (Lipinski definition) is 3. The molecule has 0 unspecified atom stereocenters. The lowest BCUT2D eigenvalue weighted by Gasteiger charge is -2.34. The van der Waals surface area contributed by atoms with Gasteiger partial charge in [0.05, 0.1) is 17.9 Å². The molecule has 0 aromatic heterocycles. The average Bonchev–Trinajstić information content (AvgIpc) is 3.18. The minimum Gasteiger partial charge on any atom is -0.294 e. The molecule has 3 heteroatoms. The number of nitrogens with zero attached hydrogens (tertiary/aromatic N) is 2. The summed E-state index contributed by atoms with van der Waals surface area (Å²) in [6, 6.07) is 30.2. The fourth-order valence-corrected chi connectivity index (χ4v) is 3.44. The van der Waals surface area contributed by atoms with Crippen LogP contribution in [0.2, 0.25) is 0 Å². The molecule has 0 aliphatic carbocycles. The summed E-state index contributed by atoms with van der Waals surface area (Å²) >= 11 is 0. The summed E-state index contributed by atoms with van der Waals surface area (Å²) in [6.07, 6.45) is 2.70. The van der Waals surface area contributed by atoms with Crippen LogP contribution < -0.4 is 5.01 Å². The van der Waals surface area contributed by atoms with Gasteiger partial charge >= 0.3 is 0 Å². The molecule has 3 aromatic rings. The number of Topliss-reactive ketones (excluding diaryl/α,β-unsaturated/α-hetero) is 1. The lowest BCUT2D eigenvalue weighted by atomic mass is 10.1. The van der Waals surface area contributed by atoms with Crippen molar-refractivity contribution in [3.8, 4) is 0 Å². The minimum atomic E-state index is 0.169. The molecular formula is C24H22N2O. The number of para-hydroxylation sites is 1. The van der Waals surface area contributed by atoms with E-state index in [4.69, 9.17) is 0 Å². The molecule has 0 N–H and O–H groups in total. The Hall–Kier alpha value is -3.33. The van der Waals surface area contributed by atoms with Crippen LogP contribution >= 0.6 is 0 Å². The fourth-order valence-electron chi connectivity index (χ4n) is 3.44. The second-order valence-electron chi connectivity index (χ2n) is 6.54. The molecule has 0 radical (unpaired) electrons. The fraction of sp³-hybridized carbons (Fsp3) is 0.125. The van der Waals surface area contributed by atoms with Gasteiger partial charge in [-0.1, -0.05) is 78.9 Å². The van der Waals surface area contributed by atoms with Crippen molar-refractivity contribution in [3.05, 3.63) is 108 Å². The van der Waals surface area contributed by atoms with Crippen LogP contribution in [0.15, 0.2) is 97.1 Å². The number of hydrogen-bond donors (Lipinski definition) is 0. The molecule has 0 amide bonds. The van der Waals surface area contributed by atoms with Crippen molar-refractivity contribution in [2.75, 3.05) is 18.1 Å². The molecule has 1 aliphatic heterocycles. The van der Waals surface area contributed by atoms with Gasteiger partial charge in [0.25, 0.3) is 0 Å². The van der Waals surface area contributed by atoms with Crippen molar-refractivity contribution in [2.24, 2.45) is 0 Å². The number of carbonyl (C=O) groups excluding carboxylic acids is 1. The first-order valence-corrected chi connectivity index (χ1v) is 9.27. The van der Waals surface area contributed by atoms with E-state index in [0.29, 0.717) is 13.0 Å². The van der Waals surface area contributed by atoms with E-state index in [0.717, 1.165) is 23.5 Å². The molecule has 0 fully saturated rings. The standard InChI is InChI=1S/C24H22N2O/c27-24(21-12-6-2-7-13-21)17-19-26-23(20-10-4-1-5-11-20)16-18-25(26)22-14-8-3-9-15-22/h1-16H,17-19H2. The van der Waals surface area contributed by atoms with Gasteiger partial charge in [-0.15, -0.1) is 0 Å². The summed E-state index contributed by atoms with van der Waals surface area (Å²) < 4.78 is 0. The smallest absolute Gasteiger partial charge is 0.164 e. The van der Waals surface area contributed by atoms with Crippen LogP contribution in [0.1, 0.15) is 22.3 Å². The molecule has 0 spiro atoms. The lowest BCUT2D eigenvalue weighted by Crippen LogP contribution is -2.38. The number of carbonyl (C=O) groups is 1. The molecule has 3 aromatic carbocycles. The van der Waals surface area contributed by atoms with E-state index >= 15 is 0 Å². The van der Waals surface area contributed by atoms with E-state index in [1.54, 1.807) is 0 Å². The molecular weight excluding hydrogens is 332 g/mol. The minimum absolute atomic E-state index is 0.169. The molecule has 4 rings (SSSR count). The highest BCUT2D eigenvalue weighted by Gasteiger charge is 2.25. The third kappa shape index (κ3) is 3.77. The second-order valence-corrected chi connectivity index (χ2v) is 6.54. The van der Waals surface area contributed by atoms with Gasteiger partial charge in [0, 0.05) is 18.5 Å². The Morgan fingerprint density at radius 1 is 0.778 bits per heavy atom. The van der Waals surface area contributed by atoms with E-state index in [9.17, 15) is 4.79 Å². The number of rotatable bonds is 6. The van der Waals surface area contributed by atoms with Gasteiger partial charge in [-0.2, -0.15) is 0 Å². The summed E-state index contributed by atoms with van der Waals surface area (Å²) in [5, 5.41) is 4.46. The van der Waals surface area contributed by atoms with Gasteiger partial charge < -0.3 is 0 Å². The van der Waals surface area contributed by atoms with Crippen LogP contribution in [-0.2, 0) is 0 Å². The zero-order valence-corrected chi connectivity index (χ0v) is 15.2. The predicted octanol–water partition coefficient (Wildman–Crippen LogP) is 5.04. The van der Waals surface area contributed by atoms with Crippen LogP contribution in [0.3, 0.4) is 0 Å². The zero-order valence-electron chi connectivity index (χ0n) is 15.2. The van der Waals surface area contributed by atoms with Crippen LogP contribution in [0.4, 0.5) is 5.69 Å². The summed E-state index contributed by atoms with van der Waals surface area (Å²) in [5.41, 5.74) is 4.23. The molecule has 0 saturated carbocycles. The average molecular weight is 354 g/mol. The van der Waals surface area contributed by atoms with Gasteiger partial charge in [-0.05, 0) is 23.8 Å². The van der Waals surface area contributed by atoms with Crippen molar-refractivity contribution >= 4 is 17.2 Å². The van der Waals surface area contributed by atoms with Crippen molar-refractivity contribution in [2.45, 2.75) is 6.42 Å². The van der Waals surface area contributed by atoms with Crippen molar-refractivity contribution in [1.29, 1.82) is 0 Å². The Kier molecular flexibility index (Phi) is 5.01. The highest BCUT2D eigenvalue weighted by Crippen LogP contribution is 2.30. The highest BCUT2D eigenvalue weighted by molar-refractivity contribution is 5.96. The molecule has 0 saturated heterocycles. The van der Waals surface area contributed by atoms with Crippen molar-refractivity contribution in [3.63, 3.8) is 0 Å². The Bertz CT molecular complexity index is 920. The van der Waals surface area contributed by atoms with Crippen LogP contribution in [-0.4, -0.2) is 23.9 Å². The Morgan fingerprint density at radius 2 is 1.37 bits per heavy atom. The third-order valence-electron chi connectivity index (χ3n) is 4.80. The maximum absolute atomic E-state index is 12.6. The molecule has 0 bridgehead atoms. The zero-order chi connectivity index (χ0) is 18.5. The maximum atomic E-state index is 12.6. The quantitative estimate of drug-likeness (QED) is 0.580. The summed E-state index contributed by atoms with van der Waals surface area (Å²) in [4.78, 5) is 12.6. The SMILES string of the molecule is O=C(CCN1C(c2ccccc2)=CCN1c1ccccc1)c1ccccc1. The third-order valence-corrected chi connectivity index (χ3v) is 4.80. The molecule has 1 heterocycles. The summed E-state index contributed by atoms with van der Waals surface area (Å²) in [6.45, 7) is 1.44. The molecule has 3 nitrogen and oxygen atoms in total. The first kappa shape index (κ1) is 17.1. The van der Waals surface area contributed by atoms with E-state index in [1.165, 1.54) is 5.56 Å². The molecule has 27 heavy (non-hydrogen) atoms. The van der Waals surface area contributed by atoms with E-state index in [2.05, 4.69) is 52.5 Å². The monoisotopic (exact) mass is 354 g/mol. The largest absolute Gasteiger partial charge is 0.294 e. The van der Waals surface area contributed by atoms with Gasteiger partial charge in [0.15, 0.2) is 5.78 Å². The molecule has 0 atom stereocenters. The predicted molar refractivity (Wildman–Crippen MR) is 110 cm³/mol. The van der Waals surface area contributed by atoms with Gasteiger partial charge in [0.1, 0.15) is 0 Å². The Morgan fingerprint density at radius 3 is 2.04 bits per heavy atom. The number of benzene rings is 3. The molecule has 1 aliphatic rings. The first-order valence-electron chi connectivity index (χ1n) is 9.27. The van der Waals surface area contributed by atoms with Gasteiger partial charge in [0.2, 0.25) is 0 Å². The van der Waals surface area contributed by atoms with Crippen LogP contribution in [0.5, 0.6) is 0 Å². The lowest BCUT2D eigenvalue weighted by molar-refractivity contribution is 0.0973. The number of hydrazine groups is 1. The van der Waals surface area contributed by atoms with Crippen LogP contribution in [0, 0.1) is 0 Å². The van der Waals surface area contributed by atoms with Crippen molar-refractivity contribution < 1.29 is 4.79 Å². The van der Waals surface area contributed by atoms with E-state index < -0.39 is 0 Å². The first-order chi connectivity index (χ1) is 13.3. The van der Waals surface area contributed by atoms with Gasteiger partial charge in [-0.25, -0.2) is 0 Å². The Balaban J connectivity index is 1.57. The van der Waals surface area contributed by atoms with E-state index in [1.807, 2.05) is 54.6 Å². The summed E-state index contributed by atoms with van der Waals surface area (Å²) in [5.74, 6) is 0.169. The molecule has 134 valence electrons. The van der Waals surface area contributed by atoms with Crippen molar-refractivity contribution in [1.82, 2.24) is 5.01 Å². The topological polar surface area (TPSA) is 23.6 Å². The maximum Gasteiger partial charge on any atom is 0.164 e. The van der Waals surface area contributed by atoms with Crippen LogP contribution in [0.25, 0.3) is 5.70 Å². The summed E-state index contributed by atoms with van der Waals surface area (Å²) in [7, 11) is 0. The van der Waals surface area contributed by atoms with Gasteiger partial charge in [-0.3, -0.25) is 14.8 Å². The Labute approximate surface area is 160 Å². The van der Waals surface area contributed by atoms with E-state index in [-0.39, 0.29) is 5.78 Å². The normalized spacial score (nSPS) is 13.6.